The molecule has 0 fully saturated rings. The summed E-state index contributed by atoms with van der Waals surface area (Å²) < 4.78 is 10.7. The first kappa shape index (κ1) is 13.2. The Morgan fingerprint density at radius 3 is 2.47 bits per heavy atom. The van der Waals surface area contributed by atoms with Gasteiger partial charge in [0.05, 0.1) is 14.2 Å². The standard InChI is InChI=1S/C15H16O4/c1-18-12-8-6-10(7-9-14(16)17)15-11(12)4-3-5-13(15)19-2/h3-6,8H,7,9H2,1-2H3,(H,16,17). The summed E-state index contributed by atoms with van der Waals surface area (Å²) in [5.41, 5.74) is 0.954. The molecular formula is C15H16O4. The minimum Gasteiger partial charge on any atom is -0.496 e. The zero-order valence-corrected chi connectivity index (χ0v) is 11.0. The molecule has 0 saturated heterocycles. The highest BCUT2D eigenvalue weighted by Gasteiger charge is 2.12. The van der Waals surface area contributed by atoms with Crippen LogP contribution < -0.4 is 9.47 Å². The lowest BCUT2D eigenvalue weighted by molar-refractivity contribution is -0.136. The van der Waals surface area contributed by atoms with Gasteiger partial charge in [-0.3, -0.25) is 4.79 Å². The molecule has 0 bridgehead atoms. The first-order valence-electron chi connectivity index (χ1n) is 6.01. The molecule has 4 heteroatoms. The summed E-state index contributed by atoms with van der Waals surface area (Å²) in [5, 5.41) is 10.7. The molecule has 0 heterocycles. The van der Waals surface area contributed by atoms with E-state index in [-0.39, 0.29) is 6.42 Å². The van der Waals surface area contributed by atoms with E-state index in [1.54, 1.807) is 14.2 Å². The van der Waals surface area contributed by atoms with Crippen LogP contribution in [0.15, 0.2) is 30.3 Å². The van der Waals surface area contributed by atoms with Crippen LogP contribution >= 0.6 is 0 Å². The van der Waals surface area contributed by atoms with E-state index >= 15 is 0 Å². The predicted octanol–water partition coefficient (Wildman–Crippen LogP) is 2.87. The van der Waals surface area contributed by atoms with Gasteiger partial charge in [0.25, 0.3) is 0 Å². The Balaban J connectivity index is 2.60. The molecule has 0 aliphatic carbocycles. The van der Waals surface area contributed by atoms with Crippen molar-refractivity contribution >= 4 is 16.7 Å². The maximum Gasteiger partial charge on any atom is 0.303 e. The number of aryl methyl sites for hydroxylation is 1. The first-order chi connectivity index (χ1) is 9.17. The normalized spacial score (nSPS) is 10.4. The van der Waals surface area contributed by atoms with Gasteiger partial charge in [-0.1, -0.05) is 18.2 Å². The molecular weight excluding hydrogens is 244 g/mol. The minimum absolute atomic E-state index is 0.0967. The van der Waals surface area contributed by atoms with Gasteiger partial charge in [-0.15, -0.1) is 0 Å². The third-order valence-corrected chi connectivity index (χ3v) is 3.10. The zero-order valence-electron chi connectivity index (χ0n) is 11.0. The van der Waals surface area contributed by atoms with Crippen LogP contribution in [0.1, 0.15) is 12.0 Å². The average Bonchev–Trinajstić information content (AvgIpc) is 2.43. The van der Waals surface area contributed by atoms with Crippen molar-refractivity contribution in [3.05, 3.63) is 35.9 Å². The summed E-state index contributed by atoms with van der Waals surface area (Å²) >= 11 is 0. The Bertz CT molecular complexity index is 604. The number of benzene rings is 2. The van der Waals surface area contributed by atoms with Crippen LogP contribution in [-0.4, -0.2) is 25.3 Å². The average molecular weight is 260 g/mol. The van der Waals surface area contributed by atoms with Crippen LogP contribution in [-0.2, 0) is 11.2 Å². The fraction of sp³-hybridized carbons (Fsp3) is 0.267. The second kappa shape index (κ2) is 5.61. The number of carboxylic acid groups (broad SMARTS) is 1. The van der Waals surface area contributed by atoms with Crippen LogP contribution in [0.5, 0.6) is 11.5 Å². The maximum absolute atomic E-state index is 10.7. The topological polar surface area (TPSA) is 55.8 Å². The van der Waals surface area contributed by atoms with Crippen molar-refractivity contribution in [3.63, 3.8) is 0 Å². The number of hydrogen-bond donors (Lipinski definition) is 1. The molecule has 19 heavy (non-hydrogen) atoms. The summed E-state index contributed by atoms with van der Waals surface area (Å²) in [7, 11) is 3.22. The molecule has 0 aliphatic heterocycles. The fourth-order valence-corrected chi connectivity index (χ4v) is 2.22. The van der Waals surface area contributed by atoms with E-state index in [4.69, 9.17) is 14.6 Å². The number of methoxy groups -OCH3 is 2. The van der Waals surface area contributed by atoms with Crippen LogP contribution in [0, 0.1) is 0 Å². The number of fused-ring (bicyclic) bond motifs is 1. The zero-order chi connectivity index (χ0) is 13.8. The van der Waals surface area contributed by atoms with Crippen molar-refractivity contribution in [3.8, 4) is 11.5 Å². The van der Waals surface area contributed by atoms with E-state index < -0.39 is 5.97 Å². The summed E-state index contributed by atoms with van der Waals surface area (Å²) in [5.74, 6) is 0.684. The Labute approximate surface area is 111 Å². The van der Waals surface area contributed by atoms with Crippen LogP contribution in [0.2, 0.25) is 0 Å². The SMILES string of the molecule is COc1ccc(CCC(=O)O)c2c(OC)cccc12. The van der Waals surface area contributed by atoms with Crippen molar-refractivity contribution in [1.82, 2.24) is 0 Å². The molecule has 0 aliphatic rings. The van der Waals surface area contributed by atoms with E-state index in [9.17, 15) is 4.79 Å². The molecule has 2 aromatic rings. The van der Waals surface area contributed by atoms with Crippen molar-refractivity contribution in [1.29, 1.82) is 0 Å². The largest absolute Gasteiger partial charge is 0.496 e. The summed E-state index contributed by atoms with van der Waals surface area (Å²) in [4.78, 5) is 10.7. The summed E-state index contributed by atoms with van der Waals surface area (Å²) in [6.45, 7) is 0. The molecule has 0 atom stereocenters. The quantitative estimate of drug-likeness (QED) is 0.898. The number of carboxylic acids is 1. The molecule has 0 aromatic heterocycles. The molecule has 4 nitrogen and oxygen atoms in total. The van der Waals surface area contributed by atoms with E-state index in [2.05, 4.69) is 0 Å². The number of ether oxygens (including phenoxy) is 2. The van der Waals surface area contributed by atoms with Crippen LogP contribution in [0.3, 0.4) is 0 Å². The van der Waals surface area contributed by atoms with Gasteiger partial charge in [-0.05, 0) is 24.1 Å². The lowest BCUT2D eigenvalue weighted by Crippen LogP contribution is -1.99. The van der Waals surface area contributed by atoms with Gasteiger partial charge < -0.3 is 14.6 Å². The van der Waals surface area contributed by atoms with Gasteiger partial charge in [0, 0.05) is 17.2 Å². The van der Waals surface area contributed by atoms with Crippen LogP contribution in [0.4, 0.5) is 0 Å². The van der Waals surface area contributed by atoms with Crippen molar-refractivity contribution in [2.75, 3.05) is 14.2 Å². The highest BCUT2D eigenvalue weighted by Crippen LogP contribution is 2.35. The van der Waals surface area contributed by atoms with E-state index in [0.29, 0.717) is 6.42 Å². The van der Waals surface area contributed by atoms with Crippen molar-refractivity contribution in [2.24, 2.45) is 0 Å². The molecule has 1 N–H and O–H groups in total. The highest BCUT2D eigenvalue weighted by molar-refractivity contribution is 5.96. The number of hydrogen-bond acceptors (Lipinski definition) is 3. The third kappa shape index (κ3) is 2.62. The van der Waals surface area contributed by atoms with Gasteiger partial charge in [0.1, 0.15) is 11.5 Å². The van der Waals surface area contributed by atoms with E-state index in [1.807, 2.05) is 30.3 Å². The Hall–Kier alpha value is -2.23. The van der Waals surface area contributed by atoms with Crippen molar-refractivity contribution < 1.29 is 19.4 Å². The maximum atomic E-state index is 10.7. The van der Waals surface area contributed by atoms with Crippen molar-refractivity contribution in [2.45, 2.75) is 12.8 Å². The molecule has 0 amide bonds. The van der Waals surface area contributed by atoms with Gasteiger partial charge in [0.15, 0.2) is 0 Å². The molecule has 2 rings (SSSR count). The Kier molecular flexibility index (Phi) is 3.90. The van der Waals surface area contributed by atoms with Gasteiger partial charge in [0.2, 0.25) is 0 Å². The second-order valence-corrected chi connectivity index (χ2v) is 4.20. The molecule has 2 aromatic carbocycles. The highest BCUT2D eigenvalue weighted by atomic mass is 16.5. The molecule has 0 unspecified atom stereocenters. The van der Waals surface area contributed by atoms with E-state index in [1.165, 1.54) is 0 Å². The van der Waals surface area contributed by atoms with E-state index in [0.717, 1.165) is 27.8 Å². The lowest BCUT2D eigenvalue weighted by Gasteiger charge is -2.13. The number of rotatable bonds is 5. The molecule has 100 valence electrons. The molecule has 0 spiro atoms. The van der Waals surface area contributed by atoms with Gasteiger partial charge >= 0.3 is 5.97 Å². The third-order valence-electron chi connectivity index (χ3n) is 3.10. The number of aliphatic carboxylic acids is 1. The molecule has 0 radical (unpaired) electrons. The molecule has 0 saturated carbocycles. The smallest absolute Gasteiger partial charge is 0.303 e. The fourth-order valence-electron chi connectivity index (χ4n) is 2.22. The first-order valence-corrected chi connectivity index (χ1v) is 6.01. The van der Waals surface area contributed by atoms with Crippen LogP contribution in [0.25, 0.3) is 10.8 Å². The Morgan fingerprint density at radius 2 is 1.84 bits per heavy atom. The lowest BCUT2D eigenvalue weighted by atomic mass is 9.99. The monoisotopic (exact) mass is 260 g/mol. The minimum atomic E-state index is -0.807. The van der Waals surface area contributed by atoms with Gasteiger partial charge in [-0.2, -0.15) is 0 Å². The summed E-state index contributed by atoms with van der Waals surface area (Å²) in [6.07, 6.45) is 0.565. The summed E-state index contributed by atoms with van der Waals surface area (Å²) in [6, 6.07) is 9.46. The van der Waals surface area contributed by atoms with Gasteiger partial charge in [-0.25, -0.2) is 0 Å². The number of carbonyl (C=O) groups is 1. The second-order valence-electron chi connectivity index (χ2n) is 4.20. The Morgan fingerprint density at radius 1 is 1.11 bits per heavy atom. The predicted molar refractivity (Wildman–Crippen MR) is 73.0 cm³/mol.